The minimum Gasteiger partial charge on any atom is -0.493 e. The van der Waals surface area contributed by atoms with Crippen LogP contribution in [0, 0.1) is 0 Å². The van der Waals surface area contributed by atoms with Gasteiger partial charge < -0.3 is 14.2 Å². The second kappa shape index (κ2) is 11.0. The van der Waals surface area contributed by atoms with E-state index < -0.39 is 0 Å². The van der Waals surface area contributed by atoms with Crippen LogP contribution in [0.3, 0.4) is 0 Å². The van der Waals surface area contributed by atoms with Crippen LogP contribution in [0.5, 0.6) is 17.2 Å². The first-order valence-corrected chi connectivity index (χ1v) is 11.2. The summed E-state index contributed by atoms with van der Waals surface area (Å²) in [6.07, 6.45) is 2.59. The molecule has 1 fully saturated rings. The first-order valence-electron chi connectivity index (χ1n) is 9.95. The molecular weight excluding hydrogens is 418 g/mol. The summed E-state index contributed by atoms with van der Waals surface area (Å²) < 4.78 is 17.9. The molecule has 1 aliphatic rings. The van der Waals surface area contributed by atoms with Crippen LogP contribution in [0.2, 0.25) is 0 Å². The molecule has 2 aromatic carbocycles. The first kappa shape index (κ1) is 22.2. The van der Waals surface area contributed by atoms with Crippen LogP contribution in [-0.4, -0.2) is 41.5 Å². The highest BCUT2D eigenvalue weighted by Gasteiger charge is 2.30. The maximum atomic E-state index is 12.4. The predicted molar refractivity (Wildman–Crippen MR) is 125 cm³/mol. The van der Waals surface area contributed by atoms with Gasteiger partial charge in [-0.25, -0.2) is 0 Å². The minimum absolute atomic E-state index is 0.0517. The number of hydrogen-bond donors (Lipinski definition) is 0. The molecule has 1 heterocycles. The van der Waals surface area contributed by atoms with Crippen molar-refractivity contribution in [2.45, 2.75) is 20.3 Å². The fraction of sp³-hybridized carbons (Fsp3) is 0.304. The average molecular weight is 444 g/mol. The molecule has 0 bridgehead atoms. The van der Waals surface area contributed by atoms with Crippen molar-refractivity contribution in [1.29, 1.82) is 0 Å². The molecular formula is C23H25NO4S2. The fourth-order valence-corrected chi connectivity index (χ4v) is 4.26. The topological polar surface area (TPSA) is 48.0 Å². The van der Waals surface area contributed by atoms with E-state index in [9.17, 15) is 4.79 Å². The monoisotopic (exact) mass is 443 g/mol. The van der Waals surface area contributed by atoms with Crippen LogP contribution in [0.25, 0.3) is 6.08 Å². The lowest BCUT2D eigenvalue weighted by Crippen LogP contribution is -2.27. The van der Waals surface area contributed by atoms with Crippen molar-refractivity contribution in [3.8, 4) is 17.2 Å². The van der Waals surface area contributed by atoms with E-state index >= 15 is 0 Å². The molecule has 0 aliphatic carbocycles. The van der Waals surface area contributed by atoms with Gasteiger partial charge in [-0.2, -0.15) is 0 Å². The Morgan fingerprint density at radius 3 is 2.47 bits per heavy atom. The number of likely N-dealkylation sites (N-methyl/N-ethyl adjacent to an activating group) is 1. The average Bonchev–Trinajstić information content (AvgIpc) is 3.02. The van der Waals surface area contributed by atoms with E-state index in [-0.39, 0.29) is 5.91 Å². The van der Waals surface area contributed by atoms with Crippen LogP contribution in [0.15, 0.2) is 53.4 Å². The van der Waals surface area contributed by atoms with Crippen molar-refractivity contribution in [1.82, 2.24) is 4.90 Å². The van der Waals surface area contributed by atoms with Crippen molar-refractivity contribution in [2.75, 3.05) is 26.4 Å². The van der Waals surface area contributed by atoms with Gasteiger partial charge in [-0.15, -0.1) is 0 Å². The van der Waals surface area contributed by atoms with Gasteiger partial charge >= 0.3 is 0 Å². The number of para-hydroxylation sites is 1. The molecule has 7 heteroatoms. The highest BCUT2D eigenvalue weighted by Crippen LogP contribution is 2.34. The van der Waals surface area contributed by atoms with Gasteiger partial charge in [0, 0.05) is 13.0 Å². The van der Waals surface area contributed by atoms with Gasteiger partial charge in [-0.3, -0.25) is 9.69 Å². The molecule has 2 aromatic rings. The van der Waals surface area contributed by atoms with Crippen LogP contribution in [0.1, 0.15) is 25.8 Å². The van der Waals surface area contributed by atoms with E-state index in [1.165, 1.54) is 11.8 Å². The number of ether oxygens (including phenoxy) is 3. The van der Waals surface area contributed by atoms with E-state index in [2.05, 4.69) is 0 Å². The summed E-state index contributed by atoms with van der Waals surface area (Å²) in [5.41, 5.74) is 0.870. The quantitative estimate of drug-likeness (QED) is 0.287. The molecule has 0 radical (unpaired) electrons. The van der Waals surface area contributed by atoms with Gasteiger partial charge in [0.05, 0.1) is 24.7 Å². The number of rotatable bonds is 10. The molecule has 0 N–H and O–H groups in total. The number of hydrogen-bond acceptors (Lipinski definition) is 6. The highest BCUT2D eigenvalue weighted by atomic mass is 32.2. The molecule has 1 amide bonds. The number of carbonyl (C=O) groups is 1. The number of thiocarbonyl (C=S) groups is 1. The summed E-state index contributed by atoms with van der Waals surface area (Å²) in [6, 6.07) is 15.4. The number of carbonyl (C=O) groups excluding carboxylic acids is 1. The lowest BCUT2D eigenvalue weighted by Gasteiger charge is -2.13. The third-order valence-corrected chi connectivity index (χ3v) is 5.69. The van der Waals surface area contributed by atoms with Gasteiger partial charge in [-0.1, -0.05) is 48.2 Å². The van der Waals surface area contributed by atoms with Crippen LogP contribution in [0.4, 0.5) is 0 Å². The Morgan fingerprint density at radius 2 is 1.77 bits per heavy atom. The summed E-state index contributed by atoms with van der Waals surface area (Å²) in [5, 5.41) is 0. The maximum absolute atomic E-state index is 12.4. The highest BCUT2D eigenvalue weighted by molar-refractivity contribution is 8.26. The van der Waals surface area contributed by atoms with E-state index in [0.717, 1.165) is 17.7 Å². The fourth-order valence-electron chi connectivity index (χ4n) is 2.87. The number of thioether (sulfide) groups is 1. The molecule has 158 valence electrons. The molecule has 0 aromatic heterocycles. The molecule has 0 unspecified atom stereocenters. The largest absolute Gasteiger partial charge is 0.493 e. The van der Waals surface area contributed by atoms with Gasteiger partial charge in [0.1, 0.15) is 10.1 Å². The second-order valence-electron chi connectivity index (χ2n) is 6.43. The Kier molecular flexibility index (Phi) is 8.16. The molecule has 0 spiro atoms. The molecule has 1 saturated heterocycles. The maximum Gasteiger partial charge on any atom is 0.266 e. The summed E-state index contributed by atoms with van der Waals surface area (Å²) in [6.45, 7) is 6.03. The Labute approximate surface area is 187 Å². The van der Waals surface area contributed by atoms with E-state index in [1.807, 2.05) is 68.5 Å². The number of benzene rings is 2. The Bertz CT molecular complexity index is 915. The molecule has 0 saturated carbocycles. The Balaban J connectivity index is 1.60. The molecule has 30 heavy (non-hydrogen) atoms. The van der Waals surface area contributed by atoms with Crippen molar-refractivity contribution in [3.05, 3.63) is 59.0 Å². The van der Waals surface area contributed by atoms with E-state index in [4.69, 9.17) is 26.4 Å². The van der Waals surface area contributed by atoms with Gasteiger partial charge in [0.2, 0.25) is 0 Å². The molecule has 1 aliphatic heterocycles. The zero-order chi connectivity index (χ0) is 21.3. The van der Waals surface area contributed by atoms with Gasteiger partial charge in [0.25, 0.3) is 5.91 Å². The zero-order valence-electron chi connectivity index (χ0n) is 17.1. The summed E-state index contributed by atoms with van der Waals surface area (Å²) >= 11 is 6.60. The molecule has 0 atom stereocenters. The van der Waals surface area contributed by atoms with E-state index in [1.54, 1.807) is 4.90 Å². The number of amides is 1. The zero-order valence-corrected chi connectivity index (χ0v) is 18.8. The van der Waals surface area contributed by atoms with Crippen molar-refractivity contribution >= 4 is 40.3 Å². The summed E-state index contributed by atoms with van der Waals surface area (Å²) in [7, 11) is 0. The van der Waals surface area contributed by atoms with Crippen molar-refractivity contribution < 1.29 is 19.0 Å². The lowest BCUT2D eigenvalue weighted by atomic mass is 10.2. The second-order valence-corrected chi connectivity index (χ2v) is 8.10. The standard InChI is InChI=1S/C23H25NO4S2/c1-3-24-22(25)21(30-23(24)29)16-17-11-12-19(20(15-17)26-4-2)28-14-8-13-27-18-9-6-5-7-10-18/h5-7,9-12,15-16H,3-4,8,13-14H2,1-2H3/b21-16-. The third-order valence-electron chi connectivity index (χ3n) is 4.31. The molecule has 5 nitrogen and oxygen atoms in total. The van der Waals surface area contributed by atoms with Crippen LogP contribution >= 0.6 is 24.0 Å². The summed E-state index contributed by atoms with van der Waals surface area (Å²) in [4.78, 5) is 14.6. The van der Waals surface area contributed by atoms with Crippen molar-refractivity contribution in [2.24, 2.45) is 0 Å². The normalized spacial score (nSPS) is 15.0. The third kappa shape index (κ3) is 5.77. The minimum atomic E-state index is -0.0517. The predicted octanol–water partition coefficient (Wildman–Crippen LogP) is 5.15. The van der Waals surface area contributed by atoms with Crippen LogP contribution < -0.4 is 14.2 Å². The Morgan fingerprint density at radius 1 is 1.00 bits per heavy atom. The van der Waals surface area contributed by atoms with Gasteiger partial charge in [0.15, 0.2) is 11.5 Å². The summed E-state index contributed by atoms with van der Waals surface area (Å²) in [5.74, 6) is 2.13. The van der Waals surface area contributed by atoms with E-state index in [0.29, 0.717) is 47.1 Å². The van der Waals surface area contributed by atoms with Gasteiger partial charge in [-0.05, 0) is 49.8 Å². The lowest BCUT2D eigenvalue weighted by molar-refractivity contribution is -0.121. The Hall–Kier alpha value is -2.51. The smallest absolute Gasteiger partial charge is 0.266 e. The number of nitrogens with zero attached hydrogens (tertiary/aromatic N) is 1. The SMILES string of the molecule is CCOc1cc(/C=C2\SC(=S)N(CC)C2=O)ccc1OCCCOc1ccccc1. The van der Waals surface area contributed by atoms with Crippen molar-refractivity contribution in [3.63, 3.8) is 0 Å². The van der Waals surface area contributed by atoms with Crippen LogP contribution in [-0.2, 0) is 4.79 Å². The first-order chi connectivity index (χ1) is 14.6. The molecule has 3 rings (SSSR count).